The first kappa shape index (κ1) is 23.4. The number of rotatable bonds is 9. The van der Waals surface area contributed by atoms with Crippen LogP contribution in [0.4, 0.5) is 10.5 Å². The number of carbonyl (C=O) groups excluding carboxylic acids is 3. The van der Waals surface area contributed by atoms with Gasteiger partial charge in [-0.1, -0.05) is 6.07 Å². The predicted molar refractivity (Wildman–Crippen MR) is 117 cm³/mol. The number of nitrogens with one attached hydrogen (secondary N) is 3. The van der Waals surface area contributed by atoms with Crippen LogP contribution in [0.1, 0.15) is 36.9 Å². The molecule has 1 unspecified atom stereocenters. The molecule has 0 aliphatic carbocycles. The molecule has 172 valence electrons. The van der Waals surface area contributed by atoms with Gasteiger partial charge in [0.05, 0.1) is 30.7 Å². The van der Waals surface area contributed by atoms with Gasteiger partial charge in [-0.25, -0.2) is 4.79 Å². The summed E-state index contributed by atoms with van der Waals surface area (Å²) < 4.78 is 15.7. The first-order valence-corrected chi connectivity index (χ1v) is 10.4. The topological polar surface area (TPSA) is 139 Å². The number of esters is 1. The van der Waals surface area contributed by atoms with Gasteiger partial charge in [-0.15, -0.1) is 0 Å². The maximum absolute atomic E-state index is 12.5. The molecule has 10 nitrogen and oxygen atoms in total. The fraction of sp³-hybridized carbons (Fsp3) is 0.304. The zero-order chi connectivity index (χ0) is 23.6. The summed E-state index contributed by atoms with van der Waals surface area (Å²) in [5.41, 5.74) is 1.68. The van der Waals surface area contributed by atoms with Crippen LogP contribution in [0.25, 0.3) is 0 Å². The number of anilines is 1. The van der Waals surface area contributed by atoms with Crippen LogP contribution in [0.15, 0.2) is 42.5 Å². The van der Waals surface area contributed by atoms with Crippen LogP contribution >= 0.6 is 0 Å². The Morgan fingerprint density at radius 3 is 2.61 bits per heavy atom. The Kier molecular flexibility index (Phi) is 8.07. The number of hydrogen-bond donors (Lipinski definition) is 3. The standard InChI is InChI=1S/C23H24N4O6/c1-2-31-22(29)12-18(16-5-8-19-20(11-16)33-14-32-19)27-21(28)9-10-25-23(30)26-17-6-3-15(13-24)4-7-17/h3-8,11,18H,2,9-10,12,14H2,1H3,(H,27,28)(H2,25,26,30). The van der Waals surface area contributed by atoms with Gasteiger partial charge in [-0.3, -0.25) is 9.59 Å². The molecule has 3 amide bonds. The molecule has 0 saturated carbocycles. The van der Waals surface area contributed by atoms with Gasteiger partial charge in [0.15, 0.2) is 11.5 Å². The quantitative estimate of drug-likeness (QED) is 0.497. The fourth-order valence-corrected chi connectivity index (χ4v) is 3.13. The molecule has 0 bridgehead atoms. The summed E-state index contributed by atoms with van der Waals surface area (Å²) in [7, 11) is 0. The number of nitriles is 1. The van der Waals surface area contributed by atoms with Crippen molar-refractivity contribution in [2.45, 2.75) is 25.8 Å². The molecule has 1 aliphatic heterocycles. The maximum atomic E-state index is 12.5. The number of nitrogens with zero attached hydrogens (tertiary/aromatic N) is 1. The van der Waals surface area contributed by atoms with Crippen LogP contribution < -0.4 is 25.4 Å². The Labute approximate surface area is 190 Å². The lowest BCUT2D eigenvalue weighted by Gasteiger charge is -2.19. The Morgan fingerprint density at radius 1 is 1.12 bits per heavy atom. The highest BCUT2D eigenvalue weighted by Crippen LogP contribution is 2.34. The lowest BCUT2D eigenvalue weighted by molar-refractivity contribution is -0.143. The van der Waals surface area contributed by atoms with E-state index in [4.69, 9.17) is 19.5 Å². The van der Waals surface area contributed by atoms with Gasteiger partial charge >= 0.3 is 12.0 Å². The second-order valence-corrected chi connectivity index (χ2v) is 7.06. The van der Waals surface area contributed by atoms with Crippen molar-refractivity contribution in [3.63, 3.8) is 0 Å². The van der Waals surface area contributed by atoms with E-state index < -0.39 is 18.0 Å². The van der Waals surface area contributed by atoms with Crippen molar-refractivity contribution in [3.8, 4) is 17.6 Å². The Morgan fingerprint density at radius 2 is 1.88 bits per heavy atom. The lowest BCUT2D eigenvalue weighted by Crippen LogP contribution is -2.35. The minimum Gasteiger partial charge on any atom is -0.466 e. The molecule has 0 aromatic heterocycles. The lowest BCUT2D eigenvalue weighted by atomic mass is 10.0. The van der Waals surface area contributed by atoms with Gasteiger partial charge in [0.2, 0.25) is 12.7 Å². The number of fused-ring (bicyclic) bond motifs is 1. The zero-order valence-corrected chi connectivity index (χ0v) is 18.1. The molecule has 1 aliphatic rings. The van der Waals surface area contributed by atoms with E-state index in [2.05, 4.69) is 16.0 Å². The van der Waals surface area contributed by atoms with Crippen molar-refractivity contribution in [1.82, 2.24) is 10.6 Å². The molecular formula is C23H24N4O6. The Bertz CT molecular complexity index is 1050. The molecule has 0 radical (unpaired) electrons. The molecule has 33 heavy (non-hydrogen) atoms. The second kappa shape index (κ2) is 11.4. The minimum atomic E-state index is -0.626. The smallest absolute Gasteiger partial charge is 0.319 e. The van der Waals surface area contributed by atoms with Gasteiger partial charge in [-0.2, -0.15) is 5.26 Å². The molecule has 0 saturated heterocycles. The maximum Gasteiger partial charge on any atom is 0.319 e. The molecule has 0 spiro atoms. The summed E-state index contributed by atoms with van der Waals surface area (Å²) in [6.45, 7) is 2.14. The Balaban J connectivity index is 1.52. The zero-order valence-electron chi connectivity index (χ0n) is 18.1. The number of hydrogen-bond acceptors (Lipinski definition) is 7. The van der Waals surface area contributed by atoms with E-state index in [9.17, 15) is 14.4 Å². The third kappa shape index (κ3) is 6.87. The van der Waals surface area contributed by atoms with E-state index in [1.165, 1.54) is 0 Å². The number of amides is 3. The molecule has 10 heteroatoms. The van der Waals surface area contributed by atoms with Gasteiger partial charge in [-0.05, 0) is 48.9 Å². The molecule has 2 aromatic carbocycles. The normalized spacial score (nSPS) is 12.2. The average Bonchev–Trinajstić information content (AvgIpc) is 3.27. The number of carbonyl (C=O) groups is 3. The van der Waals surface area contributed by atoms with Crippen LogP contribution in [-0.4, -0.2) is 37.9 Å². The molecular weight excluding hydrogens is 428 g/mol. The summed E-state index contributed by atoms with van der Waals surface area (Å²) in [6.07, 6.45) is -0.0451. The number of urea groups is 1. The van der Waals surface area contributed by atoms with Crippen molar-refractivity contribution >= 4 is 23.6 Å². The largest absolute Gasteiger partial charge is 0.466 e. The summed E-state index contributed by atoms with van der Waals surface area (Å²) in [4.78, 5) is 36.5. The summed E-state index contributed by atoms with van der Waals surface area (Å²) >= 11 is 0. The third-order valence-corrected chi connectivity index (χ3v) is 4.72. The molecule has 3 rings (SSSR count). The van der Waals surface area contributed by atoms with E-state index in [1.807, 2.05) is 6.07 Å². The van der Waals surface area contributed by atoms with E-state index in [-0.39, 0.29) is 38.7 Å². The van der Waals surface area contributed by atoms with Crippen molar-refractivity contribution in [2.75, 3.05) is 25.3 Å². The van der Waals surface area contributed by atoms with Crippen molar-refractivity contribution in [1.29, 1.82) is 5.26 Å². The van der Waals surface area contributed by atoms with Crippen LogP contribution in [0, 0.1) is 11.3 Å². The summed E-state index contributed by atoms with van der Waals surface area (Å²) in [5, 5.41) is 16.8. The first-order valence-electron chi connectivity index (χ1n) is 10.4. The molecule has 1 heterocycles. The molecule has 2 aromatic rings. The molecule has 0 fully saturated rings. The van der Waals surface area contributed by atoms with Crippen LogP contribution in [0.5, 0.6) is 11.5 Å². The van der Waals surface area contributed by atoms with E-state index in [0.29, 0.717) is 28.3 Å². The van der Waals surface area contributed by atoms with E-state index in [0.717, 1.165) is 0 Å². The summed E-state index contributed by atoms with van der Waals surface area (Å²) in [6, 6.07) is 12.5. The SMILES string of the molecule is CCOC(=O)CC(NC(=O)CCNC(=O)Nc1ccc(C#N)cc1)c1ccc2c(c1)OCO2. The van der Waals surface area contributed by atoms with E-state index >= 15 is 0 Å². The summed E-state index contributed by atoms with van der Waals surface area (Å²) in [5.74, 6) is 0.343. The van der Waals surface area contributed by atoms with Crippen LogP contribution in [0.3, 0.4) is 0 Å². The van der Waals surface area contributed by atoms with Gasteiger partial charge < -0.3 is 30.2 Å². The Hall–Kier alpha value is -4.26. The van der Waals surface area contributed by atoms with E-state index in [1.54, 1.807) is 49.4 Å². The highest BCUT2D eigenvalue weighted by atomic mass is 16.7. The van der Waals surface area contributed by atoms with Crippen molar-refractivity contribution in [2.24, 2.45) is 0 Å². The van der Waals surface area contributed by atoms with Gasteiger partial charge in [0.1, 0.15) is 0 Å². The van der Waals surface area contributed by atoms with Crippen LogP contribution in [-0.2, 0) is 14.3 Å². The first-order chi connectivity index (χ1) is 16.0. The monoisotopic (exact) mass is 452 g/mol. The van der Waals surface area contributed by atoms with Gasteiger partial charge in [0.25, 0.3) is 0 Å². The minimum absolute atomic E-state index is 0.00463. The van der Waals surface area contributed by atoms with Crippen molar-refractivity contribution < 1.29 is 28.6 Å². The second-order valence-electron chi connectivity index (χ2n) is 7.06. The highest BCUT2D eigenvalue weighted by Gasteiger charge is 2.22. The van der Waals surface area contributed by atoms with Gasteiger partial charge in [0, 0.05) is 18.7 Å². The molecule has 1 atom stereocenters. The number of benzene rings is 2. The van der Waals surface area contributed by atoms with Crippen LogP contribution in [0.2, 0.25) is 0 Å². The van der Waals surface area contributed by atoms with Crippen molar-refractivity contribution in [3.05, 3.63) is 53.6 Å². The predicted octanol–water partition coefficient (Wildman–Crippen LogP) is 2.61. The molecule has 3 N–H and O–H groups in total. The average molecular weight is 452 g/mol. The fourth-order valence-electron chi connectivity index (χ4n) is 3.13. The highest BCUT2D eigenvalue weighted by molar-refractivity contribution is 5.89. The third-order valence-electron chi connectivity index (χ3n) is 4.72. The number of ether oxygens (including phenoxy) is 3.